The van der Waals surface area contributed by atoms with Gasteiger partial charge in [-0.3, -0.25) is 4.79 Å². The lowest BCUT2D eigenvalue weighted by Gasteiger charge is -2.31. The number of hydrogen-bond acceptors (Lipinski definition) is 5. The molecule has 5 heteroatoms. The summed E-state index contributed by atoms with van der Waals surface area (Å²) in [5.74, 6) is -0.0314. The van der Waals surface area contributed by atoms with Crippen LogP contribution in [0.3, 0.4) is 0 Å². The maximum atomic E-state index is 11.6. The zero-order valence-electron chi connectivity index (χ0n) is 11.2. The Morgan fingerprint density at radius 2 is 2.32 bits per heavy atom. The Hall–Kier alpha value is -0.910. The van der Waals surface area contributed by atoms with Crippen molar-refractivity contribution in [2.24, 2.45) is 5.92 Å². The Morgan fingerprint density at radius 3 is 2.89 bits per heavy atom. The molecule has 106 valence electrons. The lowest BCUT2D eigenvalue weighted by atomic mass is 9.97. The Kier molecular flexibility index (Phi) is 5.36. The van der Waals surface area contributed by atoms with E-state index in [2.05, 4.69) is 4.90 Å². The fourth-order valence-electron chi connectivity index (χ4n) is 2.43. The first-order valence-electron chi connectivity index (χ1n) is 6.81. The number of thiophene rings is 1. The van der Waals surface area contributed by atoms with E-state index >= 15 is 0 Å². The van der Waals surface area contributed by atoms with Crippen molar-refractivity contribution < 1.29 is 14.6 Å². The third kappa shape index (κ3) is 4.03. The molecule has 0 amide bonds. The smallest absolute Gasteiger partial charge is 0.309 e. The van der Waals surface area contributed by atoms with Gasteiger partial charge in [0, 0.05) is 11.4 Å². The van der Waals surface area contributed by atoms with Crippen molar-refractivity contribution in [1.29, 1.82) is 0 Å². The number of hydrogen-bond donors (Lipinski definition) is 1. The van der Waals surface area contributed by atoms with Gasteiger partial charge in [-0.2, -0.15) is 0 Å². The molecule has 2 rings (SSSR count). The molecule has 1 atom stereocenters. The maximum Gasteiger partial charge on any atom is 0.309 e. The molecule has 4 nitrogen and oxygen atoms in total. The minimum absolute atomic E-state index is 0.0371. The van der Waals surface area contributed by atoms with E-state index in [0.717, 1.165) is 30.8 Å². The van der Waals surface area contributed by atoms with Crippen molar-refractivity contribution in [3.05, 3.63) is 22.4 Å². The number of β-amino-alcohol motifs (C(OH)–C–C–N with tert-alkyl or cyclic N) is 1. The fourth-order valence-corrected chi connectivity index (χ4v) is 3.13. The normalized spacial score (nSPS) is 19.3. The van der Waals surface area contributed by atoms with Crippen LogP contribution in [-0.4, -0.2) is 42.2 Å². The molecule has 1 saturated heterocycles. The molecular formula is C14H21NO3S. The first-order valence-corrected chi connectivity index (χ1v) is 7.69. The summed E-state index contributed by atoms with van der Waals surface area (Å²) in [6.07, 6.45) is 1.24. The monoisotopic (exact) mass is 283 g/mol. The van der Waals surface area contributed by atoms with Crippen LogP contribution in [-0.2, 0) is 9.53 Å². The van der Waals surface area contributed by atoms with Gasteiger partial charge >= 0.3 is 5.97 Å². The van der Waals surface area contributed by atoms with Gasteiger partial charge in [0.2, 0.25) is 0 Å². The van der Waals surface area contributed by atoms with Crippen LogP contribution < -0.4 is 0 Å². The van der Waals surface area contributed by atoms with Gasteiger partial charge in [-0.1, -0.05) is 6.07 Å². The summed E-state index contributed by atoms with van der Waals surface area (Å²) in [5, 5.41) is 12.1. The average Bonchev–Trinajstić information content (AvgIpc) is 2.94. The number of carbonyl (C=O) groups is 1. The number of esters is 1. The lowest BCUT2D eigenvalue weighted by Crippen LogP contribution is -2.39. The minimum Gasteiger partial charge on any atom is -0.466 e. The van der Waals surface area contributed by atoms with E-state index in [1.807, 2.05) is 24.4 Å². The van der Waals surface area contributed by atoms with Gasteiger partial charge in [-0.15, -0.1) is 11.3 Å². The fraction of sp³-hybridized carbons (Fsp3) is 0.643. The Bertz CT molecular complexity index is 385. The van der Waals surface area contributed by atoms with Crippen LogP contribution in [0.4, 0.5) is 0 Å². The van der Waals surface area contributed by atoms with Gasteiger partial charge in [0.05, 0.1) is 12.5 Å². The van der Waals surface area contributed by atoms with Gasteiger partial charge in [0.25, 0.3) is 0 Å². The largest absolute Gasteiger partial charge is 0.466 e. The molecular weight excluding hydrogens is 262 g/mol. The van der Waals surface area contributed by atoms with Crippen molar-refractivity contribution in [2.45, 2.75) is 25.9 Å². The van der Waals surface area contributed by atoms with Gasteiger partial charge in [-0.25, -0.2) is 0 Å². The third-order valence-corrected chi connectivity index (χ3v) is 4.48. The van der Waals surface area contributed by atoms with Gasteiger partial charge in [0.15, 0.2) is 0 Å². The van der Waals surface area contributed by atoms with Crippen molar-refractivity contribution in [3.63, 3.8) is 0 Å². The summed E-state index contributed by atoms with van der Waals surface area (Å²) in [6.45, 7) is 4.65. The Morgan fingerprint density at radius 1 is 1.58 bits per heavy atom. The maximum absolute atomic E-state index is 11.6. The van der Waals surface area contributed by atoms with Crippen molar-refractivity contribution >= 4 is 17.3 Å². The van der Waals surface area contributed by atoms with Crippen LogP contribution in [0.2, 0.25) is 0 Å². The van der Waals surface area contributed by atoms with Crippen molar-refractivity contribution in [2.75, 3.05) is 26.2 Å². The van der Waals surface area contributed by atoms with Crippen LogP contribution >= 0.6 is 11.3 Å². The zero-order valence-corrected chi connectivity index (χ0v) is 12.1. The van der Waals surface area contributed by atoms with E-state index in [1.54, 1.807) is 11.3 Å². The number of aliphatic hydroxyl groups is 1. The van der Waals surface area contributed by atoms with Crippen LogP contribution in [0.1, 0.15) is 30.7 Å². The van der Waals surface area contributed by atoms with E-state index in [-0.39, 0.29) is 11.9 Å². The third-order valence-electron chi connectivity index (χ3n) is 3.51. The van der Waals surface area contributed by atoms with Gasteiger partial charge < -0.3 is 14.7 Å². The number of carbonyl (C=O) groups excluding carboxylic acids is 1. The Labute approximate surface area is 118 Å². The molecule has 1 aliphatic heterocycles. The average molecular weight is 283 g/mol. The molecule has 1 aromatic heterocycles. The second kappa shape index (κ2) is 7.03. The minimum atomic E-state index is -0.417. The number of aliphatic hydroxyl groups excluding tert-OH is 1. The molecule has 1 N–H and O–H groups in total. The molecule has 1 fully saturated rings. The van der Waals surface area contributed by atoms with E-state index in [9.17, 15) is 9.90 Å². The lowest BCUT2D eigenvalue weighted by molar-refractivity contribution is -0.149. The van der Waals surface area contributed by atoms with E-state index in [1.165, 1.54) is 0 Å². The predicted octanol–water partition coefficient (Wildman–Crippen LogP) is 2.06. The first kappa shape index (κ1) is 14.5. The van der Waals surface area contributed by atoms with Crippen LogP contribution in [0, 0.1) is 5.92 Å². The molecule has 1 unspecified atom stereocenters. The quantitative estimate of drug-likeness (QED) is 0.840. The molecule has 1 aliphatic rings. The standard InChI is InChI=1S/C14H21NO3S/c1-2-18-14(17)11-5-7-15(8-6-11)10-12(16)13-4-3-9-19-13/h3-4,9,11-12,16H,2,5-8,10H2,1H3. The number of nitrogens with zero attached hydrogens (tertiary/aromatic N) is 1. The number of ether oxygens (including phenoxy) is 1. The topological polar surface area (TPSA) is 49.8 Å². The highest BCUT2D eigenvalue weighted by Crippen LogP contribution is 2.23. The van der Waals surface area contributed by atoms with Gasteiger partial charge in [-0.05, 0) is 44.3 Å². The second-order valence-corrected chi connectivity index (χ2v) is 5.84. The summed E-state index contributed by atoms with van der Waals surface area (Å²) in [4.78, 5) is 14.9. The number of rotatable bonds is 5. The molecule has 0 aliphatic carbocycles. The molecule has 0 radical (unpaired) electrons. The van der Waals surface area contributed by atoms with Crippen molar-refractivity contribution in [3.8, 4) is 0 Å². The highest BCUT2D eigenvalue weighted by atomic mass is 32.1. The summed E-state index contributed by atoms with van der Waals surface area (Å²) in [6, 6.07) is 3.91. The molecule has 0 spiro atoms. The highest BCUT2D eigenvalue weighted by molar-refractivity contribution is 7.10. The zero-order chi connectivity index (χ0) is 13.7. The van der Waals surface area contributed by atoms with E-state index in [4.69, 9.17) is 4.74 Å². The predicted molar refractivity (Wildman–Crippen MR) is 75.1 cm³/mol. The summed E-state index contributed by atoms with van der Waals surface area (Å²) < 4.78 is 5.05. The molecule has 0 saturated carbocycles. The van der Waals surface area contributed by atoms with Crippen LogP contribution in [0.5, 0.6) is 0 Å². The number of piperidine rings is 1. The molecule has 2 heterocycles. The molecule has 1 aromatic rings. The molecule has 19 heavy (non-hydrogen) atoms. The first-order chi connectivity index (χ1) is 9.20. The van der Waals surface area contributed by atoms with Crippen LogP contribution in [0.25, 0.3) is 0 Å². The summed E-state index contributed by atoms with van der Waals surface area (Å²) in [5.41, 5.74) is 0. The Balaban J connectivity index is 1.76. The van der Waals surface area contributed by atoms with Crippen LogP contribution in [0.15, 0.2) is 17.5 Å². The van der Waals surface area contributed by atoms with E-state index < -0.39 is 6.10 Å². The second-order valence-electron chi connectivity index (χ2n) is 4.86. The SMILES string of the molecule is CCOC(=O)C1CCN(CC(O)c2cccs2)CC1. The summed E-state index contributed by atoms with van der Waals surface area (Å²) >= 11 is 1.58. The van der Waals surface area contributed by atoms with Gasteiger partial charge in [0.1, 0.15) is 6.10 Å². The molecule has 0 bridgehead atoms. The van der Waals surface area contributed by atoms with E-state index in [0.29, 0.717) is 13.2 Å². The number of likely N-dealkylation sites (tertiary alicyclic amines) is 1. The summed E-state index contributed by atoms with van der Waals surface area (Å²) in [7, 11) is 0. The molecule has 0 aromatic carbocycles. The highest BCUT2D eigenvalue weighted by Gasteiger charge is 2.27. The van der Waals surface area contributed by atoms with Crippen molar-refractivity contribution in [1.82, 2.24) is 4.90 Å².